The topological polar surface area (TPSA) is 105 Å². The van der Waals surface area contributed by atoms with Gasteiger partial charge in [-0.2, -0.15) is 0 Å². The average molecular weight is 437 g/mol. The lowest BCUT2D eigenvalue weighted by Gasteiger charge is -2.20. The number of anilines is 3. The van der Waals surface area contributed by atoms with Gasteiger partial charge in [-0.1, -0.05) is 19.1 Å². The summed E-state index contributed by atoms with van der Waals surface area (Å²) in [6, 6.07) is 11.8. The highest BCUT2D eigenvalue weighted by Crippen LogP contribution is 2.29. The molecule has 0 aliphatic carbocycles. The van der Waals surface area contributed by atoms with Gasteiger partial charge in [0.05, 0.1) is 16.9 Å². The Hall–Kier alpha value is -3.68. The minimum atomic E-state index is -0.418. The molecule has 168 valence electrons. The van der Waals surface area contributed by atoms with E-state index in [-0.39, 0.29) is 35.5 Å². The van der Waals surface area contributed by atoms with Crippen LogP contribution in [0, 0.1) is 0 Å². The number of carbonyl (C=O) groups excluding carboxylic acids is 4. The lowest BCUT2D eigenvalue weighted by Crippen LogP contribution is -2.27. The van der Waals surface area contributed by atoms with Gasteiger partial charge in [-0.05, 0) is 50.1 Å². The van der Waals surface area contributed by atoms with Crippen molar-refractivity contribution in [2.45, 2.75) is 39.5 Å². The third-order valence-electron chi connectivity index (χ3n) is 5.02. The van der Waals surface area contributed by atoms with E-state index in [4.69, 9.17) is 4.74 Å². The molecule has 3 amide bonds. The van der Waals surface area contributed by atoms with Gasteiger partial charge in [0.15, 0.2) is 12.4 Å². The molecule has 1 saturated heterocycles. The van der Waals surface area contributed by atoms with Gasteiger partial charge in [0, 0.05) is 25.1 Å². The zero-order valence-corrected chi connectivity index (χ0v) is 18.3. The standard InChI is InChI=1S/C24H27N3O5/c1-3-7-22(29)25-17-11-12-21(18(14-17)16(2)28)32-15-23(30)26-19-8-4-5-9-20(19)27-13-6-10-24(27)31/h4-5,8-9,11-12,14H,3,6-7,10,13,15H2,1-2H3,(H,25,29)(H,26,30). The summed E-state index contributed by atoms with van der Waals surface area (Å²) in [6.07, 6.45) is 2.39. The Morgan fingerprint density at radius 2 is 1.84 bits per heavy atom. The molecule has 0 spiro atoms. The minimum absolute atomic E-state index is 0.0279. The van der Waals surface area contributed by atoms with Crippen LogP contribution in [-0.2, 0) is 14.4 Å². The molecule has 0 bridgehead atoms. The number of carbonyl (C=O) groups is 4. The summed E-state index contributed by atoms with van der Waals surface area (Å²) >= 11 is 0. The zero-order chi connectivity index (χ0) is 23.1. The SMILES string of the molecule is CCCC(=O)Nc1ccc(OCC(=O)Nc2ccccc2N2CCCC2=O)c(C(C)=O)c1. The maximum absolute atomic E-state index is 12.5. The molecule has 0 radical (unpaired) electrons. The highest BCUT2D eigenvalue weighted by atomic mass is 16.5. The number of para-hydroxylation sites is 2. The van der Waals surface area contributed by atoms with Gasteiger partial charge in [0.1, 0.15) is 5.75 Å². The Morgan fingerprint density at radius 3 is 2.53 bits per heavy atom. The van der Waals surface area contributed by atoms with Crippen molar-refractivity contribution in [1.29, 1.82) is 0 Å². The normalized spacial score (nSPS) is 13.1. The lowest BCUT2D eigenvalue weighted by molar-refractivity contribution is -0.118. The van der Waals surface area contributed by atoms with Crippen molar-refractivity contribution in [3.63, 3.8) is 0 Å². The third kappa shape index (κ3) is 5.72. The maximum Gasteiger partial charge on any atom is 0.262 e. The quantitative estimate of drug-likeness (QED) is 0.581. The van der Waals surface area contributed by atoms with Crippen molar-refractivity contribution in [1.82, 2.24) is 0 Å². The van der Waals surface area contributed by atoms with Crippen molar-refractivity contribution in [3.05, 3.63) is 48.0 Å². The Kier molecular flexibility index (Phi) is 7.59. The first-order valence-corrected chi connectivity index (χ1v) is 10.7. The molecule has 1 fully saturated rings. The number of ether oxygens (including phenoxy) is 1. The van der Waals surface area contributed by atoms with Crippen LogP contribution < -0.4 is 20.3 Å². The van der Waals surface area contributed by atoms with E-state index in [1.54, 1.807) is 35.2 Å². The molecule has 8 heteroatoms. The molecule has 0 saturated carbocycles. The van der Waals surface area contributed by atoms with Gasteiger partial charge in [0.25, 0.3) is 5.91 Å². The van der Waals surface area contributed by atoms with E-state index in [0.29, 0.717) is 36.4 Å². The van der Waals surface area contributed by atoms with Crippen LogP contribution in [0.4, 0.5) is 17.1 Å². The largest absolute Gasteiger partial charge is 0.483 e. The van der Waals surface area contributed by atoms with Gasteiger partial charge in [-0.25, -0.2) is 0 Å². The van der Waals surface area contributed by atoms with E-state index in [1.807, 2.05) is 13.0 Å². The number of Topliss-reactive ketones (excluding diaryl/α,β-unsaturated/α-hetero) is 1. The van der Waals surface area contributed by atoms with Gasteiger partial charge in [0.2, 0.25) is 11.8 Å². The number of benzene rings is 2. The number of ketones is 1. The summed E-state index contributed by atoms with van der Waals surface area (Å²) < 4.78 is 5.60. The van der Waals surface area contributed by atoms with Crippen molar-refractivity contribution < 1.29 is 23.9 Å². The van der Waals surface area contributed by atoms with Crippen LogP contribution in [0.2, 0.25) is 0 Å². The van der Waals surface area contributed by atoms with Gasteiger partial charge in [-0.3, -0.25) is 19.2 Å². The van der Waals surface area contributed by atoms with Crippen LogP contribution in [0.3, 0.4) is 0 Å². The molecule has 1 heterocycles. The van der Waals surface area contributed by atoms with Gasteiger partial charge in [-0.15, -0.1) is 0 Å². The Morgan fingerprint density at radius 1 is 1.06 bits per heavy atom. The van der Waals surface area contributed by atoms with Crippen LogP contribution in [0.15, 0.2) is 42.5 Å². The molecule has 3 rings (SSSR count). The number of hydrogen-bond acceptors (Lipinski definition) is 5. The van der Waals surface area contributed by atoms with E-state index in [1.165, 1.54) is 13.0 Å². The fourth-order valence-corrected chi connectivity index (χ4v) is 3.51. The molecule has 8 nitrogen and oxygen atoms in total. The monoisotopic (exact) mass is 437 g/mol. The molecule has 0 aromatic heterocycles. The number of nitrogens with zero attached hydrogens (tertiary/aromatic N) is 1. The number of rotatable bonds is 9. The molecule has 32 heavy (non-hydrogen) atoms. The summed E-state index contributed by atoms with van der Waals surface area (Å²) in [5.41, 5.74) is 1.95. The number of amides is 3. The van der Waals surface area contributed by atoms with Crippen LogP contribution in [0.5, 0.6) is 5.75 Å². The number of nitrogens with one attached hydrogen (secondary N) is 2. The predicted molar refractivity (Wildman–Crippen MR) is 122 cm³/mol. The predicted octanol–water partition coefficient (Wildman–Crippen LogP) is 3.77. The first kappa shape index (κ1) is 23.0. The second-order valence-electron chi connectivity index (χ2n) is 7.57. The summed E-state index contributed by atoms with van der Waals surface area (Å²) in [5.74, 6) is -0.515. The molecule has 2 N–H and O–H groups in total. The summed E-state index contributed by atoms with van der Waals surface area (Å²) in [5, 5.41) is 5.52. The van der Waals surface area contributed by atoms with E-state index < -0.39 is 5.91 Å². The summed E-state index contributed by atoms with van der Waals surface area (Å²) in [4.78, 5) is 50.1. The van der Waals surface area contributed by atoms with E-state index in [0.717, 1.165) is 12.8 Å². The van der Waals surface area contributed by atoms with Crippen molar-refractivity contribution in [3.8, 4) is 5.75 Å². The van der Waals surface area contributed by atoms with E-state index >= 15 is 0 Å². The third-order valence-corrected chi connectivity index (χ3v) is 5.02. The van der Waals surface area contributed by atoms with Crippen LogP contribution in [0.1, 0.15) is 49.9 Å². The highest BCUT2D eigenvalue weighted by molar-refractivity contribution is 6.03. The second-order valence-corrected chi connectivity index (χ2v) is 7.57. The molecular formula is C24H27N3O5. The zero-order valence-electron chi connectivity index (χ0n) is 18.3. The van der Waals surface area contributed by atoms with Crippen LogP contribution >= 0.6 is 0 Å². The smallest absolute Gasteiger partial charge is 0.262 e. The molecule has 2 aromatic carbocycles. The van der Waals surface area contributed by atoms with Gasteiger partial charge >= 0.3 is 0 Å². The fourth-order valence-electron chi connectivity index (χ4n) is 3.51. The maximum atomic E-state index is 12.5. The first-order chi connectivity index (χ1) is 15.4. The van der Waals surface area contributed by atoms with Crippen LogP contribution in [-0.4, -0.2) is 36.7 Å². The minimum Gasteiger partial charge on any atom is -0.483 e. The van der Waals surface area contributed by atoms with E-state index in [9.17, 15) is 19.2 Å². The lowest BCUT2D eigenvalue weighted by atomic mass is 10.1. The van der Waals surface area contributed by atoms with Gasteiger partial charge < -0.3 is 20.3 Å². The highest BCUT2D eigenvalue weighted by Gasteiger charge is 2.24. The van der Waals surface area contributed by atoms with Crippen molar-refractivity contribution >= 4 is 40.6 Å². The van der Waals surface area contributed by atoms with Crippen molar-refractivity contribution in [2.75, 3.05) is 28.7 Å². The molecule has 1 aliphatic rings. The molecule has 0 atom stereocenters. The second kappa shape index (κ2) is 10.6. The Balaban J connectivity index is 1.67. The molecule has 1 aliphatic heterocycles. The average Bonchev–Trinajstić information content (AvgIpc) is 3.19. The molecule has 2 aromatic rings. The molecule has 0 unspecified atom stereocenters. The van der Waals surface area contributed by atoms with Crippen molar-refractivity contribution in [2.24, 2.45) is 0 Å². The first-order valence-electron chi connectivity index (χ1n) is 10.7. The number of hydrogen-bond donors (Lipinski definition) is 2. The Labute approximate surface area is 186 Å². The Bertz CT molecular complexity index is 1030. The summed E-state index contributed by atoms with van der Waals surface area (Å²) in [7, 11) is 0. The van der Waals surface area contributed by atoms with Crippen LogP contribution in [0.25, 0.3) is 0 Å². The molecular weight excluding hydrogens is 410 g/mol. The fraction of sp³-hybridized carbons (Fsp3) is 0.333. The summed E-state index contributed by atoms with van der Waals surface area (Å²) in [6.45, 7) is 3.60. The van der Waals surface area contributed by atoms with E-state index in [2.05, 4.69) is 10.6 Å².